The van der Waals surface area contributed by atoms with Gasteiger partial charge in [-0.25, -0.2) is 5.43 Å². The van der Waals surface area contributed by atoms with Crippen molar-refractivity contribution in [3.8, 4) is 5.75 Å². The van der Waals surface area contributed by atoms with Crippen LogP contribution in [0.15, 0.2) is 94.5 Å². The number of halogens is 2. The van der Waals surface area contributed by atoms with Gasteiger partial charge in [0.2, 0.25) is 0 Å². The molecule has 4 aromatic carbocycles. The second kappa shape index (κ2) is 10.1. The molecule has 0 atom stereocenters. The average molecular weight is 585 g/mol. The summed E-state index contributed by atoms with van der Waals surface area (Å²) in [5, 5.41) is 6.29. The lowest BCUT2D eigenvalue weighted by Gasteiger charge is -2.12. The molecule has 0 aliphatic rings. The third-order valence-corrected chi connectivity index (χ3v) is 5.82. The van der Waals surface area contributed by atoms with E-state index in [9.17, 15) is 4.79 Å². The van der Waals surface area contributed by atoms with Gasteiger partial charge < -0.3 is 4.74 Å². The molecule has 6 heteroatoms. The number of hydrogen-bond acceptors (Lipinski definition) is 3. The molecule has 4 rings (SSSR count). The van der Waals surface area contributed by atoms with Gasteiger partial charge >= 0.3 is 0 Å². The predicted molar refractivity (Wildman–Crippen MR) is 137 cm³/mol. The molecule has 0 aliphatic carbocycles. The Morgan fingerprint density at radius 1 is 1.00 bits per heavy atom. The van der Waals surface area contributed by atoms with Gasteiger partial charge in [0, 0.05) is 19.2 Å². The zero-order valence-electron chi connectivity index (χ0n) is 16.4. The summed E-state index contributed by atoms with van der Waals surface area (Å²) in [6.07, 6.45) is 1.64. The average Bonchev–Trinajstić information content (AvgIpc) is 2.78. The molecule has 0 fully saturated rings. The summed E-state index contributed by atoms with van der Waals surface area (Å²) in [4.78, 5) is 12.4. The molecule has 154 valence electrons. The van der Waals surface area contributed by atoms with Crippen molar-refractivity contribution in [1.29, 1.82) is 0 Å². The first-order valence-electron chi connectivity index (χ1n) is 9.58. The van der Waals surface area contributed by atoms with Gasteiger partial charge in [0.15, 0.2) is 0 Å². The van der Waals surface area contributed by atoms with Crippen LogP contribution in [-0.4, -0.2) is 12.1 Å². The number of amides is 1. The van der Waals surface area contributed by atoms with E-state index < -0.39 is 0 Å². The summed E-state index contributed by atoms with van der Waals surface area (Å²) in [5.74, 6) is 0.442. The molecule has 0 saturated carbocycles. The molecule has 0 aliphatic heterocycles. The summed E-state index contributed by atoms with van der Waals surface area (Å²) in [7, 11) is 0. The highest BCUT2D eigenvalue weighted by Gasteiger charge is 2.09. The van der Waals surface area contributed by atoms with E-state index >= 15 is 0 Å². The Morgan fingerprint density at radius 2 is 1.84 bits per heavy atom. The molecule has 1 N–H and O–H groups in total. The SMILES string of the molecule is O=C(N/N=C/c1c(OCc2cccc(Br)c2)ccc2ccccc12)c1cccc(I)c1. The molecule has 0 unspecified atom stereocenters. The van der Waals surface area contributed by atoms with Gasteiger partial charge in [0.25, 0.3) is 5.91 Å². The van der Waals surface area contributed by atoms with Crippen LogP contribution in [0.3, 0.4) is 0 Å². The summed E-state index contributed by atoms with van der Waals surface area (Å²) in [6, 6.07) is 27.3. The maximum Gasteiger partial charge on any atom is 0.271 e. The molecule has 0 heterocycles. The van der Waals surface area contributed by atoms with Gasteiger partial charge in [-0.2, -0.15) is 5.10 Å². The van der Waals surface area contributed by atoms with Crippen molar-refractivity contribution < 1.29 is 9.53 Å². The molecule has 0 bridgehead atoms. The van der Waals surface area contributed by atoms with Crippen molar-refractivity contribution in [1.82, 2.24) is 5.43 Å². The smallest absolute Gasteiger partial charge is 0.271 e. The summed E-state index contributed by atoms with van der Waals surface area (Å²) >= 11 is 5.67. The van der Waals surface area contributed by atoms with E-state index in [-0.39, 0.29) is 5.91 Å². The normalized spacial score (nSPS) is 11.0. The Labute approximate surface area is 202 Å². The monoisotopic (exact) mass is 584 g/mol. The number of ether oxygens (including phenoxy) is 1. The van der Waals surface area contributed by atoms with Gasteiger partial charge in [0.05, 0.1) is 6.21 Å². The van der Waals surface area contributed by atoms with Crippen LogP contribution >= 0.6 is 38.5 Å². The minimum absolute atomic E-state index is 0.258. The number of carbonyl (C=O) groups is 1. The fourth-order valence-electron chi connectivity index (χ4n) is 3.17. The molecule has 1 amide bonds. The van der Waals surface area contributed by atoms with Gasteiger partial charge in [-0.05, 0) is 75.3 Å². The van der Waals surface area contributed by atoms with Crippen molar-refractivity contribution >= 4 is 61.4 Å². The maximum absolute atomic E-state index is 12.4. The molecule has 0 spiro atoms. The van der Waals surface area contributed by atoms with Crippen LogP contribution < -0.4 is 10.2 Å². The van der Waals surface area contributed by atoms with E-state index in [0.717, 1.165) is 29.9 Å². The Bertz CT molecular complexity index is 1270. The fraction of sp³-hybridized carbons (Fsp3) is 0.0400. The third-order valence-electron chi connectivity index (χ3n) is 4.66. The first-order valence-corrected chi connectivity index (χ1v) is 11.5. The molecule has 0 radical (unpaired) electrons. The minimum atomic E-state index is -0.258. The Morgan fingerprint density at radius 3 is 2.68 bits per heavy atom. The van der Waals surface area contributed by atoms with E-state index in [1.54, 1.807) is 12.3 Å². The van der Waals surface area contributed by atoms with Crippen LogP contribution in [0.25, 0.3) is 10.8 Å². The van der Waals surface area contributed by atoms with Crippen LogP contribution in [0.2, 0.25) is 0 Å². The number of hydrazone groups is 1. The van der Waals surface area contributed by atoms with Crippen LogP contribution in [0.5, 0.6) is 5.75 Å². The molecular weight excluding hydrogens is 567 g/mol. The van der Waals surface area contributed by atoms with Crippen LogP contribution in [0.4, 0.5) is 0 Å². The van der Waals surface area contributed by atoms with Gasteiger partial charge in [-0.1, -0.05) is 64.5 Å². The van der Waals surface area contributed by atoms with Crippen molar-refractivity contribution in [2.45, 2.75) is 6.61 Å². The summed E-state index contributed by atoms with van der Waals surface area (Å²) < 4.78 is 8.12. The second-order valence-electron chi connectivity index (χ2n) is 6.83. The zero-order chi connectivity index (χ0) is 21.6. The lowest BCUT2D eigenvalue weighted by atomic mass is 10.0. The van der Waals surface area contributed by atoms with Gasteiger partial charge in [-0.15, -0.1) is 0 Å². The highest BCUT2D eigenvalue weighted by atomic mass is 127. The number of nitrogens with zero attached hydrogens (tertiary/aromatic N) is 1. The van der Waals surface area contributed by atoms with Crippen molar-refractivity contribution in [3.63, 3.8) is 0 Å². The molecule has 0 saturated heterocycles. The summed E-state index contributed by atoms with van der Waals surface area (Å²) in [5.41, 5.74) is 5.05. The van der Waals surface area contributed by atoms with Crippen LogP contribution in [0.1, 0.15) is 21.5 Å². The van der Waals surface area contributed by atoms with E-state index in [4.69, 9.17) is 4.74 Å². The largest absolute Gasteiger partial charge is 0.488 e. The van der Waals surface area contributed by atoms with E-state index in [0.29, 0.717) is 17.9 Å². The standard InChI is InChI=1S/C25H18BrIN2O2/c26-20-8-3-5-17(13-20)16-31-24-12-11-18-6-1-2-10-22(18)23(24)15-28-29-25(30)19-7-4-9-21(27)14-19/h1-15H,16H2,(H,29,30)/b28-15+. The molecule has 31 heavy (non-hydrogen) atoms. The zero-order valence-corrected chi connectivity index (χ0v) is 20.1. The number of hydrogen-bond donors (Lipinski definition) is 1. The van der Waals surface area contributed by atoms with Gasteiger partial charge in [-0.3, -0.25) is 4.79 Å². The number of nitrogens with one attached hydrogen (secondary N) is 1. The predicted octanol–water partition coefficient (Wildman–Crippen LogP) is 6.55. The van der Waals surface area contributed by atoms with E-state index in [1.807, 2.05) is 78.9 Å². The second-order valence-corrected chi connectivity index (χ2v) is 8.99. The first-order chi connectivity index (χ1) is 15.1. The number of carbonyl (C=O) groups excluding carboxylic acids is 1. The van der Waals surface area contributed by atoms with Crippen molar-refractivity contribution in [2.75, 3.05) is 0 Å². The lowest BCUT2D eigenvalue weighted by Crippen LogP contribution is -2.17. The Hall–Kier alpha value is -2.71. The number of rotatable bonds is 6. The fourth-order valence-corrected chi connectivity index (χ4v) is 4.16. The topological polar surface area (TPSA) is 50.7 Å². The van der Waals surface area contributed by atoms with Crippen LogP contribution in [0, 0.1) is 3.57 Å². The first kappa shape index (κ1) is 21.5. The van der Waals surface area contributed by atoms with Crippen molar-refractivity contribution in [3.05, 3.63) is 110 Å². The maximum atomic E-state index is 12.4. The lowest BCUT2D eigenvalue weighted by molar-refractivity contribution is 0.0955. The van der Waals surface area contributed by atoms with Gasteiger partial charge in [0.1, 0.15) is 12.4 Å². The number of benzene rings is 4. The third kappa shape index (κ3) is 5.51. The molecule has 4 aromatic rings. The van der Waals surface area contributed by atoms with E-state index in [1.165, 1.54) is 0 Å². The van der Waals surface area contributed by atoms with E-state index in [2.05, 4.69) is 49.0 Å². The minimum Gasteiger partial charge on any atom is -0.488 e. The summed E-state index contributed by atoms with van der Waals surface area (Å²) in [6.45, 7) is 0.424. The van der Waals surface area contributed by atoms with Crippen molar-refractivity contribution in [2.24, 2.45) is 5.10 Å². The van der Waals surface area contributed by atoms with Crippen LogP contribution in [-0.2, 0) is 6.61 Å². The molecular formula is C25H18BrIN2O2. The highest BCUT2D eigenvalue weighted by molar-refractivity contribution is 14.1. The Kier molecular flexibility index (Phi) is 6.99. The Balaban J connectivity index is 1.59. The number of fused-ring (bicyclic) bond motifs is 1. The quantitative estimate of drug-likeness (QED) is 0.159. The molecule has 4 nitrogen and oxygen atoms in total. The molecule has 0 aromatic heterocycles. The highest BCUT2D eigenvalue weighted by Crippen LogP contribution is 2.27.